The summed E-state index contributed by atoms with van der Waals surface area (Å²) in [6.07, 6.45) is 0.777. The van der Waals surface area contributed by atoms with Gasteiger partial charge in [0.2, 0.25) is 0 Å². The molecule has 6 nitrogen and oxygen atoms in total. The van der Waals surface area contributed by atoms with Crippen molar-refractivity contribution < 1.29 is 14.4 Å². The average molecular weight is 340 g/mol. The lowest BCUT2D eigenvalue weighted by Crippen LogP contribution is -2.29. The number of non-ortho nitro benzene ring substituents is 1. The van der Waals surface area contributed by atoms with E-state index in [9.17, 15) is 10.1 Å². The van der Waals surface area contributed by atoms with Gasteiger partial charge in [0.1, 0.15) is 0 Å². The number of ether oxygens (including phenoxy) is 2. The van der Waals surface area contributed by atoms with Crippen LogP contribution >= 0.6 is 0 Å². The molecule has 1 heterocycles. The van der Waals surface area contributed by atoms with Crippen LogP contribution in [0.5, 0.6) is 11.5 Å². The number of nitro benzene ring substituents is 1. The Bertz CT molecular complexity index is 854. The number of hydrogen-bond acceptors (Lipinski definition) is 5. The van der Waals surface area contributed by atoms with E-state index in [0.717, 1.165) is 28.8 Å². The van der Waals surface area contributed by atoms with Gasteiger partial charge >= 0.3 is 0 Å². The molecule has 6 heteroatoms. The molecule has 0 amide bonds. The summed E-state index contributed by atoms with van der Waals surface area (Å²) < 4.78 is 10.8. The van der Waals surface area contributed by atoms with Crippen molar-refractivity contribution in [2.45, 2.75) is 25.8 Å². The highest BCUT2D eigenvalue weighted by Crippen LogP contribution is 2.37. The zero-order valence-corrected chi connectivity index (χ0v) is 14.7. The molecule has 0 atom stereocenters. The van der Waals surface area contributed by atoms with E-state index in [1.165, 1.54) is 12.1 Å². The Labute approximate surface area is 146 Å². The molecule has 0 radical (unpaired) electrons. The fraction of sp³-hybridized carbons (Fsp3) is 0.316. The van der Waals surface area contributed by atoms with Crippen LogP contribution in [0, 0.1) is 10.1 Å². The molecule has 2 aromatic rings. The molecule has 1 aliphatic heterocycles. The highest BCUT2D eigenvalue weighted by atomic mass is 16.6. The predicted molar refractivity (Wildman–Crippen MR) is 96.1 cm³/mol. The van der Waals surface area contributed by atoms with Crippen LogP contribution in [0.3, 0.4) is 0 Å². The van der Waals surface area contributed by atoms with Crippen LogP contribution < -0.4 is 9.47 Å². The number of rotatable bonds is 4. The summed E-state index contributed by atoms with van der Waals surface area (Å²) >= 11 is 0. The maximum absolute atomic E-state index is 10.9. The van der Waals surface area contributed by atoms with E-state index < -0.39 is 4.92 Å². The molecule has 0 fully saturated rings. The SMILES string of the molecule is COc1cc2c(cc1OC)C(c1ccc([N+](=O)[O-])cc1)=NC(C)(C)C2. The minimum absolute atomic E-state index is 0.0620. The molecule has 0 aliphatic carbocycles. The lowest BCUT2D eigenvalue weighted by atomic mass is 9.84. The van der Waals surface area contributed by atoms with E-state index in [-0.39, 0.29) is 11.2 Å². The highest BCUT2D eigenvalue weighted by Gasteiger charge is 2.29. The van der Waals surface area contributed by atoms with E-state index >= 15 is 0 Å². The molecule has 0 N–H and O–H groups in total. The number of benzene rings is 2. The van der Waals surface area contributed by atoms with Gasteiger partial charge in [-0.15, -0.1) is 0 Å². The van der Waals surface area contributed by atoms with Gasteiger partial charge in [0.25, 0.3) is 5.69 Å². The van der Waals surface area contributed by atoms with Gasteiger partial charge in [0.05, 0.1) is 30.4 Å². The monoisotopic (exact) mass is 340 g/mol. The highest BCUT2D eigenvalue weighted by molar-refractivity contribution is 6.15. The summed E-state index contributed by atoms with van der Waals surface area (Å²) in [7, 11) is 3.21. The van der Waals surface area contributed by atoms with Crippen molar-refractivity contribution in [3.63, 3.8) is 0 Å². The van der Waals surface area contributed by atoms with Gasteiger partial charge < -0.3 is 9.47 Å². The van der Waals surface area contributed by atoms with Gasteiger partial charge in [0, 0.05) is 23.3 Å². The molecular formula is C19H20N2O4. The maximum atomic E-state index is 10.9. The Kier molecular flexibility index (Phi) is 4.20. The second-order valence-electron chi connectivity index (χ2n) is 6.62. The van der Waals surface area contributed by atoms with Gasteiger partial charge in [-0.25, -0.2) is 0 Å². The lowest BCUT2D eigenvalue weighted by Gasteiger charge is -2.30. The first-order chi connectivity index (χ1) is 11.8. The van der Waals surface area contributed by atoms with Crippen LogP contribution in [-0.4, -0.2) is 30.4 Å². The Hall–Kier alpha value is -2.89. The first-order valence-corrected chi connectivity index (χ1v) is 7.94. The van der Waals surface area contributed by atoms with Gasteiger partial charge in [-0.2, -0.15) is 0 Å². The summed E-state index contributed by atoms with van der Waals surface area (Å²) in [4.78, 5) is 15.4. The van der Waals surface area contributed by atoms with Gasteiger partial charge in [-0.05, 0) is 50.1 Å². The Balaban J connectivity index is 2.16. The van der Waals surface area contributed by atoms with Gasteiger partial charge in [0.15, 0.2) is 11.5 Å². The molecular weight excluding hydrogens is 320 g/mol. The van der Waals surface area contributed by atoms with Crippen LogP contribution in [0.1, 0.15) is 30.5 Å². The molecule has 0 bridgehead atoms. The quantitative estimate of drug-likeness (QED) is 0.627. The fourth-order valence-corrected chi connectivity index (χ4v) is 3.12. The van der Waals surface area contributed by atoms with E-state index in [0.29, 0.717) is 11.5 Å². The van der Waals surface area contributed by atoms with Gasteiger partial charge in [-0.1, -0.05) is 0 Å². The summed E-state index contributed by atoms with van der Waals surface area (Å²) in [5.74, 6) is 1.32. The van der Waals surface area contributed by atoms with E-state index in [1.807, 2.05) is 12.1 Å². The number of methoxy groups -OCH3 is 2. The first-order valence-electron chi connectivity index (χ1n) is 7.94. The molecule has 3 rings (SSSR count). The number of aliphatic imine (C=N–C) groups is 1. The van der Waals surface area contributed by atoms with E-state index in [2.05, 4.69) is 13.8 Å². The van der Waals surface area contributed by atoms with Crippen LogP contribution in [0.15, 0.2) is 41.4 Å². The molecule has 0 saturated heterocycles. The normalized spacial score (nSPS) is 15.1. The Morgan fingerprint density at radius 2 is 1.68 bits per heavy atom. The number of nitrogens with zero attached hydrogens (tertiary/aromatic N) is 2. The maximum Gasteiger partial charge on any atom is 0.269 e. The molecule has 0 unspecified atom stereocenters. The standard InChI is InChI=1S/C19H20N2O4/c1-19(2)11-13-9-16(24-3)17(25-4)10-15(13)18(20-19)12-5-7-14(8-6-12)21(22)23/h5-10H,11H2,1-4H3. The third-order valence-corrected chi connectivity index (χ3v) is 4.25. The van der Waals surface area contributed by atoms with Crippen molar-refractivity contribution in [3.8, 4) is 11.5 Å². The van der Waals surface area contributed by atoms with Crippen molar-refractivity contribution in [2.24, 2.45) is 4.99 Å². The second-order valence-corrected chi connectivity index (χ2v) is 6.62. The zero-order chi connectivity index (χ0) is 18.2. The molecule has 0 spiro atoms. The number of fused-ring (bicyclic) bond motifs is 1. The van der Waals surface area contributed by atoms with E-state index in [1.54, 1.807) is 26.4 Å². The summed E-state index contributed by atoms with van der Waals surface area (Å²) in [6.45, 7) is 4.13. The minimum Gasteiger partial charge on any atom is -0.493 e. The summed E-state index contributed by atoms with van der Waals surface area (Å²) in [5, 5.41) is 10.9. The summed E-state index contributed by atoms with van der Waals surface area (Å²) in [5.41, 5.74) is 3.52. The van der Waals surface area contributed by atoms with Crippen LogP contribution in [0.2, 0.25) is 0 Å². The Morgan fingerprint density at radius 3 is 2.24 bits per heavy atom. The van der Waals surface area contributed by atoms with Crippen molar-refractivity contribution in [1.82, 2.24) is 0 Å². The van der Waals surface area contributed by atoms with Gasteiger partial charge in [-0.3, -0.25) is 15.1 Å². The Morgan fingerprint density at radius 1 is 1.08 bits per heavy atom. The molecule has 0 saturated carbocycles. The third kappa shape index (κ3) is 3.20. The molecule has 1 aliphatic rings. The van der Waals surface area contributed by atoms with Crippen molar-refractivity contribution >= 4 is 11.4 Å². The molecule has 0 aromatic heterocycles. The zero-order valence-electron chi connectivity index (χ0n) is 14.7. The number of hydrogen-bond donors (Lipinski definition) is 0. The fourth-order valence-electron chi connectivity index (χ4n) is 3.12. The topological polar surface area (TPSA) is 74.0 Å². The molecule has 130 valence electrons. The predicted octanol–water partition coefficient (Wildman–Crippen LogP) is 3.78. The second kappa shape index (κ2) is 6.20. The molecule has 25 heavy (non-hydrogen) atoms. The van der Waals surface area contributed by atoms with Crippen molar-refractivity contribution in [1.29, 1.82) is 0 Å². The first kappa shape index (κ1) is 17.0. The largest absolute Gasteiger partial charge is 0.493 e. The molecule has 2 aromatic carbocycles. The third-order valence-electron chi connectivity index (χ3n) is 4.25. The van der Waals surface area contributed by atoms with Crippen LogP contribution in [0.4, 0.5) is 5.69 Å². The average Bonchev–Trinajstić information content (AvgIpc) is 2.59. The van der Waals surface area contributed by atoms with Crippen LogP contribution in [0.25, 0.3) is 0 Å². The smallest absolute Gasteiger partial charge is 0.269 e. The number of nitro groups is 1. The summed E-state index contributed by atoms with van der Waals surface area (Å²) in [6, 6.07) is 10.4. The van der Waals surface area contributed by atoms with E-state index in [4.69, 9.17) is 14.5 Å². The van der Waals surface area contributed by atoms with Crippen LogP contribution in [-0.2, 0) is 6.42 Å². The van der Waals surface area contributed by atoms with Crippen molar-refractivity contribution in [3.05, 3.63) is 63.2 Å². The van der Waals surface area contributed by atoms with Crippen molar-refractivity contribution in [2.75, 3.05) is 14.2 Å². The minimum atomic E-state index is -0.405. The lowest BCUT2D eigenvalue weighted by molar-refractivity contribution is -0.384.